The topological polar surface area (TPSA) is 58.3 Å². The molecule has 1 aliphatic rings. The summed E-state index contributed by atoms with van der Waals surface area (Å²) in [5, 5.41) is 8.33. The molecule has 8 heteroatoms. The summed E-state index contributed by atoms with van der Waals surface area (Å²) in [6.07, 6.45) is 3.26. The van der Waals surface area contributed by atoms with Gasteiger partial charge in [0, 0.05) is 30.6 Å². The second-order valence-corrected chi connectivity index (χ2v) is 8.13. The van der Waals surface area contributed by atoms with E-state index < -0.39 is 0 Å². The normalized spacial score (nSPS) is 17.7. The highest BCUT2D eigenvalue weighted by Crippen LogP contribution is 2.25. The fourth-order valence-electron chi connectivity index (χ4n) is 3.00. The minimum Gasteiger partial charge on any atom is -0.357 e. The van der Waals surface area contributed by atoms with Gasteiger partial charge in [0.1, 0.15) is 12.7 Å². The third-order valence-corrected chi connectivity index (χ3v) is 6.02. The summed E-state index contributed by atoms with van der Waals surface area (Å²) in [5.74, 6) is 2.87. The van der Waals surface area contributed by atoms with Crippen LogP contribution in [0.15, 0.2) is 41.9 Å². The number of rotatable bonds is 5. The lowest BCUT2D eigenvalue weighted by Crippen LogP contribution is -2.49. The maximum atomic E-state index is 4.90. The molecule has 148 valence electrons. The molecule has 0 aliphatic carbocycles. The lowest BCUT2D eigenvalue weighted by Gasteiger charge is -2.36. The largest absolute Gasteiger partial charge is 0.357 e. The van der Waals surface area contributed by atoms with Gasteiger partial charge in [-0.05, 0) is 30.5 Å². The molecule has 1 atom stereocenters. The molecule has 1 saturated heterocycles. The Morgan fingerprint density at radius 3 is 2.96 bits per heavy atom. The molecule has 1 aliphatic heterocycles. The molecule has 27 heavy (non-hydrogen) atoms. The molecule has 0 spiro atoms. The predicted molar refractivity (Wildman–Crippen MR) is 124 cm³/mol. The summed E-state index contributed by atoms with van der Waals surface area (Å²) in [4.78, 5) is 11.3. The number of halogens is 1. The zero-order valence-corrected chi connectivity index (χ0v) is 19.4. The van der Waals surface area contributed by atoms with Crippen molar-refractivity contribution in [1.29, 1.82) is 0 Å². The molecule has 1 N–H and O–H groups in total. The van der Waals surface area contributed by atoms with Gasteiger partial charge < -0.3 is 10.2 Å². The number of thioether (sulfide) groups is 1. The van der Waals surface area contributed by atoms with E-state index in [1.165, 1.54) is 5.56 Å². The molecule has 2 aromatic rings. The highest BCUT2D eigenvalue weighted by molar-refractivity contribution is 14.0. The van der Waals surface area contributed by atoms with Crippen LogP contribution in [0.25, 0.3) is 5.69 Å². The standard InChI is InChI=1S/C19H28N6S.HI/c1-4-21-19(24-8-9-26-18(12-24)15(2)3)22-11-16-6-5-7-17(10-16)25-14-20-13-23-25;/h5-7,10,13-15,18H,4,8-9,11-12H2,1-3H3,(H,21,22);1H. The van der Waals surface area contributed by atoms with E-state index in [-0.39, 0.29) is 24.0 Å². The first-order chi connectivity index (χ1) is 12.7. The molecule has 1 unspecified atom stereocenters. The van der Waals surface area contributed by atoms with E-state index in [9.17, 15) is 0 Å². The molecule has 3 rings (SSSR count). The number of hydrogen-bond acceptors (Lipinski definition) is 4. The molecule has 0 amide bonds. The quantitative estimate of drug-likeness (QED) is 0.388. The number of aromatic nitrogens is 3. The van der Waals surface area contributed by atoms with E-state index in [1.807, 2.05) is 12.1 Å². The van der Waals surface area contributed by atoms with Gasteiger partial charge in [0.25, 0.3) is 0 Å². The second kappa shape index (κ2) is 10.9. The molecule has 1 aromatic carbocycles. The van der Waals surface area contributed by atoms with Crippen molar-refractivity contribution in [2.24, 2.45) is 10.9 Å². The minimum atomic E-state index is 0. The van der Waals surface area contributed by atoms with Crippen molar-refractivity contribution < 1.29 is 0 Å². The molecule has 6 nitrogen and oxygen atoms in total. The van der Waals surface area contributed by atoms with Crippen LogP contribution in [0.4, 0.5) is 0 Å². The lowest BCUT2D eigenvalue weighted by atomic mass is 10.1. The van der Waals surface area contributed by atoms with Crippen LogP contribution in [0.1, 0.15) is 26.3 Å². The highest BCUT2D eigenvalue weighted by Gasteiger charge is 2.24. The third-order valence-electron chi connectivity index (χ3n) is 4.48. The first-order valence-electron chi connectivity index (χ1n) is 9.26. The average molecular weight is 500 g/mol. The van der Waals surface area contributed by atoms with Gasteiger partial charge in [-0.2, -0.15) is 16.9 Å². The van der Waals surface area contributed by atoms with Crippen molar-refractivity contribution in [2.45, 2.75) is 32.6 Å². The number of guanidine groups is 1. The van der Waals surface area contributed by atoms with Crippen LogP contribution in [-0.4, -0.2) is 56.3 Å². The van der Waals surface area contributed by atoms with E-state index in [2.05, 4.69) is 65.0 Å². The van der Waals surface area contributed by atoms with Crippen LogP contribution in [0.2, 0.25) is 0 Å². The fourth-order valence-corrected chi connectivity index (χ4v) is 4.30. The molecule has 0 bridgehead atoms. The van der Waals surface area contributed by atoms with Crippen molar-refractivity contribution in [1.82, 2.24) is 25.0 Å². The van der Waals surface area contributed by atoms with Crippen molar-refractivity contribution in [3.8, 4) is 5.69 Å². The lowest BCUT2D eigenvalue weighted by molar-refractivity contribution is 0.381. The van der Waals surface area contributed by atoms with Gasteiger partial charge >= 0.3 is 0 Å². The third kappa shape index (κ3) is 6.10. The number of nitrogens with zero attached hydrogens (tertiary/aromatic N) is 5. The van der Waals surface area contributed by atoms with Gasteiger partial charge in [-0.3, -0.25) is 0 Å². The summed E-state index contributed by atoms with van der Waals surface area (Å²) in [5.41, 5.74) is 2.18. The number of nitrogens with one attached hydrogen (secondary N) is 1. The smallest absolute Gasteiger partial charge is 0.194 e. The molecule has 1 aromatic heterocycles. The van der Waals surface area contributed by atoms with Crippen LogP contribution >= 0.6 is 35.7 Å². The zero-order valence-electron chi connectivity index (χ0n) is 16.2. The van der Waals surface area contributed by atoms with E-state index >= 15 is 0 Å². The van der Waals surface area contributed by atoms with E-state index in [4.69, 9.17) is 4.99 Å². The van der Waals surface area contributed by atoms with Crippen LogP contribution in [0.5, 0.6) is 0 Å². The van der Waals surface area contributed by atoms with Crippen molar-refractivity contribution in [2.75, 3.05) is 25.4 Å². The first kappa shape index (κ1) is 22.0. The molecule has 2 heterocycles. The van der Waals surface area contributed by atoms with Crippen molar-refractivity contribution in [3.63, 3.8) is 0 Å². The Morgan fingerprint density at radius 2 is 2.26 bits per heavy atom. The maximum Gasteiger partial charge on any atom is 0.194 e. The van der Waals surface area contributed by atoms with E-state index in [0.717, 1.165) is 37.0 Å². The van der Waals surface area contributed by atoms with Gasteiger partial charge in [0.05, 0.1) is 12.2 Å². The monoisotopic (exact) mass is 500 g/mol. The highest BCUT2D eigenvalue weighted by atomic mass is 127. The van der Waals surface area contributed by atoms with E-state index in [1.54, 1.807) is 17.3 Å². The second-order valence-electron chi connectivity index (χ2n) is 6.78. The molecule has 0 radical (unpaired) electrons. The molecule has 1 fully saturated rings. The molecule has 0 saturated carbocycles. The Labute approximate surface area is 183 Å². The van der Waals surface area contributed by atoms with Gasteiger partial charge in [-0.15, -0.1) is 24.0 Å². The number of hydrogen-bond donors (Lipinski definition) is 1. The minimum absolute atomic E-state index is 0. The summed E-state index contributed by atoms with van der Waals surface area (Å²) >= 11 is 2.09. The van der Waals surface area contributed by atoms with Crippen molar-refractivity contribution in [3.05, 3.63) is 42.5 Å². The summed E-state index contributed by atoms with van der Waals surface area (Å²) in [7, 11) is 0. The van der Waals surface area contributed by atoms with Crippen LogP contribution in [0.3, 0.4) is 0 Å². The van der Waals surface area contributed by atoms with Crippen molar-refractivity contribution >= 4 is 41.7 Å². The summed E-state index contributed by atoms with van der Waals surface area (Å²) in [6.45, 7) is 10.4. The van der Waals surface area contributed by atoms with Crippen LogP contribution in [0, 0.1) is 5.92 Å². The summed E-state index contributed by atoms with van der Waals surface area (Å²) in [6, 6.07) is 8.30. The zero-order chi connectivity index (χ0) is 18.4. The van der Waals surface area contributed by atoms with Gasteiger partial charge in [0.2, 0.25) is 0 Å². The molecular formula is C19H29IN6S. The molecular weight excluding hydrogens is 471 g/mol. The Balaban J connectivity index is 0.00000261. The first-order valence-corrected chi connectivity index (χ1v) is 10.3. The summed E-state index contributed by atoms with van der Waals surface area (Å²) < 4.78 is 1.77. The predicted octanol–water partition coefficient (Wildman–Crippen LogP) is 3.42. The van der Waals surface area contributed by atoms with Gasteiger partial charge in [-0.25, -0.2) is 14.7 Å². The van der Waals surface area contributed by atoms with E-state index in [0.29, 0.717) is 17.7 Å². The van der Waals surface area contributed by atoms with Gasteiger partial charge in [-0.1, -0.05) is 26.0 Å². The maximum absolute atomic E-state index is 4.90. The van der Waals surface area contributed by atoms with Gasteiger partial charge in [0.15, 0.2) is 5.96 Å². The Kier molecular flexibility index (Phi) is 8.88. The average Bonchev–Trinajstić information content (AvgIpc) is 3.20. The Bertz CT molecular complexity index is 719. The number of aliphatic imine (C=N–C) groups is 1. The Morgan fingerprint density at radius 1 is 1.41 bits per heavy atom. The SMILES string of the molecule is CCNC(=NCc1cccc(-n2cncn2)c1)N1CCSC(C(C)C)C1.I. The van der Waals surface area contributed by atoms with Crippen LogP contribution in [-0.2, 0) is 6.54 Å². The number of benzene rings is 1. The van der Waals surface area contributed by atoms with Crippen LogP contribution < -0.4 is 5.32 Å². The Hall–Kier alpha value is -1.29. The fraction of sp³-hybridized carbons (Fsp3) is 0.526.